The van der Waals surface area contributed by atoms with E-state index >= 15 is 0 Å². The molecule has 2 atom stereocenters. The van der Waals surface area contributed by atoms with Gasteiger partial charge >= 0.3 is 5.97 Å². The maximum absolute atomic E-state index is 12.8. The van der Waals surface area contributed by atoms with Crippen molar-refractivity contribution in [3.8, 4) is 0 Å². The highest BCUT2D eigenvalue weighted by atomic mass is 35.5. The number of hydrogen-bond donors (Lipinski definition) is 1. The number of nitrogens with two attached hydrogens (primary N) is 1. The van der Waals surface area contributed by atoms with Crippen molar-refractivity contribution in [2.45, 2.75) is 51.0 Å². The molecule has 1 aliphatic heterocycles. The smallest absolute Gasteiger partial charge is 0.308 e. The number of piperidine rings is 1. The summed E-state index contributed by atoms with van der Waals surface area (Å²) in [6.07, 6.45) is 7.04. The number of rotatable bonds is 2. The molecule has 0 spiro atoms. The number of methoxy groups -OCH3 is 1. The summed E-state index contributed by atoms with van der Waals surface area (Å²) in [5.74, 6) is 1.36. The number of likely N-dealkylation sites (tertiary alicyclic amines) is 1. The van der Waals surface area contributed by atoms with E-state index in [1.807, 2.05) is 4.90 Å². The highest BCUT2D eigenvalue weighted by Crippen LogP contribution is 2.42. The van der Waals surface area contributed by atoms with E-state index in [-0.39, 0.29) is 30.2 Å². The van der Waals surface area contributed by atoms with Crippen molar-refractivity contribution in [1.82, 2.24) is 4.90 Å². The molecule has 1 amide bonds. The van der Waals surface area contributed by atoms with Crippen LogP contribution in [0.2, 0.25) is 0 Å². The molecule has 3 fully saturated rings. The first-order valence-electron chi connectivity index (χ1n) is 8.72. The van der Waals surface area contributed by atoms with Crippen LogP contribution in [0.3, 0.4) is 0 Å². The van der Waals surface area contributed by atoms with Gasteiger partial charge in [-0.1, -0.05) is 6.42 Å². The van der Waals surface area contributed by atoms with Crippen LogP contribution in [0.5, 0.6) is 0 Å². The maximum Gasteiger partial charge on any atom is 0.308 e. The first-order valence-corrected chi connectivity index (χ1v) is 8.72. The van der Waals surface area contributed by atoms with Crippen molar-refractivity contribution in [3.63, 3.8) is 0 Å². The molecule has 2 bridgehead atoms. The molecule has 3 rings (SSSR count). The van der Waals surface area contributed by atoms with Crippen LogP contribution in [0.25, 0.3) is 0 Å². The number of amides is 1. The van der Waals surface area contributed by atoms with E-state index in [2.05, 4.69) is 0 Å². The van der Waals surface area contributed by atoms with Gasteiger partial charge < -0.3 is 15.4 Å². The molecule has 132 valence electrons. The Balaban J connectivity index is 0.00000192. The van der Waals surface area contributed by atoms with Gasteiger partial charge in [-0.25, -0.2) is 0 Å². The third kappa shape index (κ3) is 3.82. The summed E-state index contributed by atoms with van der Waals surface area (Å²) in [6, 6.07) is 0.308. The summed E-state index contributed by atoms with van der Waals surface area (Å²) in [4.78, 5) is 26.3. The number of halogens is 1. The van der Waals surface area contributed by atoms with E-state index in [4.69, 9.17) is 10.5 Å². The molecule has 2 N–H and O–H groups in total. The third-order valence-corrected chi connectivity index (χ3v) is 6.10. The lowest BCUT2D eigenvalue weighted by molar-refractivity contribution is -0.150. The largest absolute Gasteiger partial charge is 0.469 e. The van der Waals surface area contributed by atoms with Crippen LogP contribution >= 0.6 is 12.4 Å². The molecule has 5 nitrogen and oxygen atoms in total. The molecule has 0 radical (unpaired) electrons. The molecule has 2 saturated carbocycles. The van der Waals surface area contributed by atoms with Gasteiger partial charge in [0, 0.05) is 25.0 Å². The van der Waals surface area contributed by atoms with Crippen molar-refractivity contribution < 1.29 is 14.3 Å². The summed E-state index contributed by atoms with van der Waals surface area (Å²) >= 11 is 0. The fraction of sp³-hybridized carbons (Fsp3) is 0.882. The molecule has 1 saturated heterocycles. The standard InChI is InChI=1S/C17H28N2O3.ClH/c1-22-17(21)11-5-7-19(8-6-11)16(20)14-9-12-3-2-4-13(10-14)15(12)18;/h11-15H,2-10,18H2,1H3;1H. The average molecular weight is 345 g/mol. The van der Waals surface area contributed by atoms with Crippen LogP contribution in [0.4, 0.5) is 0 Å². The molecule has 0 aromatic carbocycles. The lowest BCUT2D eigenvalue weighted by Crippen LogP contribution is -2.51. The van der Waals surface area contributed by atoms with E-state index in [1.54, 1.807) is 0 Å². The number of fused-ring (bicyclic) bond motifs is 2. The molecule has 2 aliphatic carbocycles. The van der Waals surface area contributed by atoms with Crippen LogP contribution < -0.4 is 5.73 Å². The summed E-state index contributed by atoms with van der Waals surface area (Å²) in [6.45, 7) is 1.38. The number of esters is 1. The predicted octanol–water partition coefficient (Wildman–Crippen LogP) is 1.97. The summed E-state index contributed by atoms with van der Waals surface area (Å²) < 4.78 is 4.81. The van der Waals surface area contributed by atoms with Gasteiger partial charge in [-0.2, -0.15) is 0 Å². The normalized spacial score (nSPS) is 34.4. The zero-order chi connectivity index (χ0) is 15.7. The minimum Gasteiger partial charge on any atom is -0.469 e. The van der Waals surface area contributed by atoms with Crippen LogP contribution in [0.15, 0.2) is 0 Å². The first kappa shape index (κ1) is 18.5. The van der Waals surface area contributed by atoms with Crippen molar-refractivity contribution in [1.29, 1.82) is 0 Å². The quantitative estimate of drug-likeness (QED) is 0.777. The second-order valence-electron chi connectivity index (χ2n) is 7.32. The van der Waals surface area contributed by atoms with Crippen molar-refractivity contribution >= 4 is 24.3 Å². The zero-order valence-electron chi connectivity index (χ0n) is 13.9. The highest BCUT2D eigenvalue weighted by molar-refractivity contribution is 5.85. The van der Waals surface area contributed by atoms with Gasteiger partial charge in [-0.15, -0.1) is 12.4 Å². The molecule has 2 unspecified atom stereocenters. The molecular formula is C17H29ClN2O3. The average Bonchev–Trinajstić information content (AvgIpc) is 2.53. The van der Waals surface area contributed by atoms with Crippen LogP contribution in [0, 0.1) is 23.7 Å². The van der Waals surface area contributed by atoms with Crippen LogP contribution in [-0.4, -0.2) is 43.0 Å². The van der Waals surface area contributed by atoms with Gasteiger partial charge in [0.1, 0.15) is 0 Å². The monoisotopic (exact) mass is 344 g/mol. The topological polar surface area (TPSA) is 72.6 Å². The second kappa shape index (κ2) is 7.84. The molecule has 6 heteroatoms. The highest BCUT2D eigenvalue weighted by Gasteiger charge is 2.42. The molecule has 1 heterocycles. The van der Waals surface area contributed by atoms with E-state index in [0.29, 0.717) is 36.9 Å². The van der Waals surface area contributed by atoms with E-state index < -0.39 is 0 Å². The van der Waals surface area contributed by atoms with Gasteiger partial charge in [-0.05, 0) is 50.4 Å². The number of hydrogen-bond acceptors (Lipinski definition) is 4. The van der Waals surface area contributed by atoms with Gasteiger partial charge in [-0.3, -0.25) is 9.59 Å². The summed E-state index contributed by atoms with van der Waals surface area (Å²) in [5.41, 5.74) is 6.32. The Hall–Kier alpha value is -0.810. The third-order valence-electron chi connectivity index (χ3n) is 6.10. The van der Waals surface area contributed by atoms with Crippen LogP contribution in [-0.2, 0) is 14.3 Å². The van der Waals surface area contributed by atoms with E-state index in [0.717, 1.165) is 25.7 Å². The van der Waals surface area contributed by atoms with Crippen LogP contribution in [0.1, 0.15) is 44.9 Å². The van der Waals surface area contributed by atoms with Gasteiger partial charge in [0.25, 0.3) is 0 Å². The molecule has 3 aliphatic rings. The fourth-order valence-corrected chi connectivity index (χ4v) is 4.75. The number of ether oxygens (including phenoxy) is 1. The summed E-state index contributed by atoms with van der Waals surface area (Å²) in [5, 5.41) is 0. The first-order chi connectivity index (χ1) is 10.6. The molecule has 0 aromatic heterocycles. The summed E-state index contributed by atoms with van der Waals surface area (Å²) in [7, 11) is 1.43. The Bertz CT molecular complexity index is 424. The number of carbonyl (C=O) groups is 2. The minimum absolute atomic E-state index is 0. The maximum atomic E-state index is 12.8. The van der Waals surface area contributed by atoms with Crippen molar-refractivity contribution in [2.75, 3.05) is 20.2 Å². The Labute approximate surface area is 144 Å². The molecule has 23 heavy (non-hydrogen) atoms. The van der Waals surface area contributed by atoms with Gasteiger partial charge in [0.2, 0.25) is 5.91 Å². The van der Waals surface area contributed by atoms with Gasteiger partial charge in [0.15, 0.2) is 0 Å². The van der Waals surface area contributed by atoms with E-state index in [1.165, 1.54) is 26.4 Å². The molecular weight excluding hydrogens is 316 g/mol. The predicted molar refractivity (Wildman–Crippen MR) is 90.1 cm³/mol. The Kier molecular flexibility index (Phi) is 6.32. The zero-order valence-corrected chi connectivity index (χ0v) is 14.7. The number of carbonyl (C=O) groups excluding carboxylic acids is 2. The SMILES string of the molecule is COC(=O)C1CCN(C(=O)C2CC3CCCC(C2)C3N)CC1.Cl. The minimum atomic E-state index is -0.134. The number of nitrogens with zero attached hydrogens (tertiary/aromatic N) is 1. The van der Waals surface area contributed by atoms with Crippen molar-refractivity contribution in [3.05, 3.63) is 0 Å². The lowest BCUT2D eigenvalue weighted by Gasteiger charge is -2.45. The fourth-order valence-electron chi connectivity index (χ4n) is 4.75. The Morgan fingerprint density at radius 2 is 1.57 bits per heavy atom. The van der Waals surface area contributed by atoms with E-state index in [9.17, 15) is 9.59 Å². The lowest BCUT2D eigenvalue weighted by atomic mass is 9.65. The van der Waals surface area contributed by atoms with Gasteiger partial charge in [0.05, 0.1) is 13.0 Å². The molecule has 0 aromatic rings. The Morgan fingerprint density at radius 1 is 1.00 bits per heavy atom. The Morgan fingerprint density at radius 3 is 2.09 bits per heavy atom. The van der Waals surface area contributed by atoms with Crippen molar-refractivity contribution in [2.24, 2.45) is 29.4 Å². The second-order valence-corrected chi connectivity index (χ2v) is 7.32.